The summed E-state index contributed by atoms with van der Waals surface area (Å²) in [7, 11) is 1.26. The highest BCUT2D eigenvalue weighted by atomic mass is 31.2. The van der Waals surface area contributed by atoms with Gasteiger partial charge in [-0.3, -0.25) is 9.36 Å². The van der Waals surface area contributed by atoms with Crippen molar-refractivity contribution in [3.8, 4) is 0 Å². The monoisotopic (exact) mass is 855 g/mol. The number of phosphoric ester groups is 1. The summed E-state index contributed by atoms with van der Waals surface area (Å²) in [5, 5.41) is 13.8. The van der Waals surface area contributed by atoms with Crippen LogP contribution in [0.25, 0.3) is 0 Å². The number of nitrogens with one attached hydrogen (secondary N) is 1. The van der Waals surface area contributed by atoms with E-state index in [1.807, 2.05) is 27.2 Å². The van der Waals surface area contributed by atoms with Gasteiger partial charge in [-0.05, 0) is 44.9 Å². The number of unbranched alkanes of at least 4 members (excludes halogenated alkanes) is 31. The first-order valence-electron chi connectivity index (χ1n) is 25.2. The summed E-state index contributed by atoms with van der Waals surface area (Å²) in [6, 6.07) is -0.891. The number of rotatable bonds is 46. The lowest BCUT2D eigenvalue weighted by Crippen LogP contribution is -2.45. The Balaban J connectivity index is 4.26. The van der Waals surface area contributed by atoms with Crippen LogP contribution >= 0.6 is 7.82 Å². The Morgan fingerprint density at radius 1 is 0.576 bits per heavy atom. The third kappa shape index (κ3) is 44.8. The van der Waals surface area contributed by atoms with Crippen LogP contribution in [0.15, 0.2) is 24.3 Å². The minimum absolute atomic E-state index is 0.00245. The molecule has 350 valence electrons. The van der Waals surface area contributed by atoms with Crippen molar-refractivity contribution in [1.29, 1.82) is 0 Å². The molecule has 9 heteroatoms. The minimum atomic E-state index is -4.59. The maximum absolute atomic E-state index is 12.9. The molecule has 0 radical (unpaired) electrons. The summed E-state index contributed by atoms with van der Waals surface area (Å²) in [6.45, 7) is 4.64. The molecule has 8 nitrogen and oxygen atoms in total. The zero-order chi connectivity index (χ0) is 43.6. The average Bonchev–Trinajstić information content (AvgIpc) is 3.19. The second-order valence-electron chi connectivity index (χ2n) is 18.5. The van der Waals surface area contributed by atoms with Gasteiger partial charge in [-0.25, -0.2) is 0 Å². The molecule has 2 N–H and O–H groups in total. The van der Waals surface area contributed by atoms with Gasteiger partial charge in [0, 0.05) is 6.42 Å². The van der Waals surface area contributed by atoms with Crippen molar-refractivity contribution >= 4 is 13.7 Å². The standard InChI is InChI=1S/C50H99N2O6P/c1-6-8-10-12-14-16-18-20-21-22-23-24-25-26-27-28-29-30-32-33-35-37-39-41-43-49(53)48(47-58-59(55,56)57-46-45-52(3,4)5)51-50(54)44-42-40-38-36-34-31-19-17-15-13-11-9-7-2/h31,34,41,43,48-49,53H,6-30,32-33,35-40,42,44-47H2,1-5H3,(H-,51,54,55,56)/b34-31-,43-41+. The summed E-state index contributed by atoms with van der Waals surface area (Å²) >= 11 is 0. The highest BCUT2D eigenvalue weighted by Crippen LogP contribution is 2.38. The van der Waals surface area contributed by atoms with Crippen molar-refractivity contribution in [3.05, 3.63) is 24.3 Å². The van der Waals surface area contributed by atoms with E-state index in [1.165, 1.54) is 167 Å². The number of quaternary nitrogens is 1. The van der Waals surface area contributed by atoms with Gasteiger partial charge in [0.25, 0.3) is 7.82 Å². The van der Waals surface area contributed by atoms with Gasteiger partial charge in [-0.1, -0.05) is 212 Å². The van der Waals surface area contributed by atoms with E-state index < -0.39 is 20.0 Å². The van der Waals surface area contributed by atoms with Crippen LogP contribution in [0.1, 0.15) is 239 Å². The van der Waals surface area contributed by atoms with E-state index >= 15 is 0 Å². The van der Waals surface area contributed by atoms with Gasteiger partial charge in [0.2, 0.25) is 5.91 Å². The molecule has 59 heavy (non-hydrogen) atoms. The number of phosphoric acid groups is 1. The second kappa shape index (κ2) is 42.3. The molecule has 1 amide bonds. The molecule has 0 aliphatic rings. The van der Waals surface area contributed by atoms with Crippen LogP contribution in [0.2, 0.25) is 0 Å². The Morgan fingerprint density at radius 3 is 1.32 bits per heavy atom. The SMILES string of the molecule is CCCCCCCC/C=C\CCCCCC(=O)NC(COP(=O)([O-])OCC[N+](C)(C)C)C(O)/C=C/CCCCCCCCCCCCCCCCCCCCCCCC. The van der Waals surface area contributed by atoms with Crippen molar-refractivity contribution in [2.45, 2.75) is 251 Å². The molecule has 0 aromatic rings. The highest BCUT2D eigenvalue weighted by Gasteiger charge is 2.23. The lowest BCUT2D eigenvalue weighted by molar-refractivity contribution is -0.870. The van der Waals surface area contributed by atoms with Gasteiger partial charge in [-0.2, -0.15) is 0 Å². The van der Waals surface area contributed by atoms with Crippen LogP contribution in [0, 0.1) is 0 Å². The molecule has 0 rings (SSSR count). The first kappa shape index (κ1) is 58.0. The number of carbonyl (C=O) groups excluding carboxylic acids is 1. The molecule has 0 saturated carbocycles. The van der Waals surface area contributed by atoms with E-state index in [9.17, 15) is 19.4 Å². The molecule has 0 aliphatic heterocycles. The Bertz CT molecular complexity index is 1020. The number of hydrogen-bond acceptors (Lipinski definition) is 6. The number of carbonyl (C=O) groups is 1. The minimum Gasteiger partial charge on any atom is -0.756 e. The molecule has 3 unspecified atom stereocenters. The molecule has 0 aromatic heterocycles. The van der Waals surface area contributed by atoms with Crippen molar-refractivity contribution in [2.24, 2.45) is 0 Å². The fraction of sp³-hybridized carbons (Fsp3) is 0.900. The molecule has 0 aliphatic carbocycles. The quantitative estimate of drug-likeness (QED) is 0.0273. The predicted octanol–water partition coefficient (Wildman–Crippen LogP) is 13.8. The van der Waals surface area contributed by atoms with E-state index in [1.54, 1.807) is 6.08 Å². The maximum atomic E-state index is 12.9. The largest absolute Gasteiger partial charge is 0.756 e. The average molecular weight is 855 g/mol. The highest BCUT2D eigenvalue weighted by molar-refractivity contribution is 7.45. The van der Waals surface area contributed by atoms with Crippen LogP contribution in [0.4, 0.5) is 0 Å². The third-order valence-corrected chi connectivity index (χ3v) is 12.4. The molecular formula is C50H99N2O6P. The van der Waals surface area contributed by atoms with Crippen LogP contribution in [0.3, 0.4) is 0 Å². The van der Waals surface area contributed by atoms with Gasteiger partial charge in [0.15, 0.2) is 0 Å². The first-order chi connectivity index (χ1) is 28.5. The first-order valence-corrected chi connectivity index (χ1v) is 26.7. The third-order valence-electron chi connectivity index (χ3n) is 11.4. The zero-order valence-corrected chi connectivity index (χ0v) is 40.6. The van der Waals surface area contributed by atoms with Gasteiger partial charge >= 0.3 is 0 Å². The van der Waals surface area contributed by atoms with Crippen LogP contribution in [0.5, 0.6) is 0 Å². The van der Waals surface area contributed by atoms with Gasteiger partial charge in [-0.15, -0.1) is 0 Å². The van der Waals surface area contributed by atoms with E-state index in [0.29, 0.717) is 17.4 Å². The molecule has 0 aromatic carbocycles. The van der Waals surface area contributed by atoms with E-state index in [4.69, 9.17) is 9.05 Å². The fourth-order valence-electron chi connectivity index (χ4n) is 7.38. The summed E-state index contributed by atoms with van der Waals surface area (Å²) in [5.41, 5.74) is 0. The maximum Gasteiger partial charge on any atom is 0.268 e. The van der Waals surface area contributed by atoms with E-state index in [0.717, 1.165) is 51.4 Å². The van der Waals surface area contributed by atoms with Gasteiger partial charge < -0.3 is 28.8 Å². The predicted molar refractivity (Wildman–Crippen MR) is 252 cm³/mol. The fourth-order valence-corrected chi connectivity index (χ4v) is 8.11. The van der Waals surface area contributed by atoms with Crippen LogP contribution in [-0.4, -0.2) is 68.5 Å². The summed E-state index contributed by atoms with van der Waals surface area (Å²) in [6.07, 6.45) is 51.0. The van der Waals surface area contributed by atoms with E-state index in [2.05, 4.69) is 31.3 Å². The van der Waals surface area contributed by atoms with Crippen LogP contribution < -0.4 is 10.2 Å². The number of aliphatic hydroxyl groups is 1. The summed E-state index contributed by atoms with van der Waals surface area (Å²) < 4.78 is 23.2. The molecule has 0 spiro atoms. The Morgan fingerprint density at radius 2 is 0.932 bits per heavy atom. The molecular weight excluding hydrogens is 756 g/mol. The van der Waals surface area contributed by atoms with Crippen molar-refractivity contribution < 1.29 is 32.9 Å². The number of allylic oxidation sites excluding steroid dienone is 3. The van der Waals surface area contributed by atoms with E-state index in [-0.39, 0.29) is 19.1 Å². The summed E-state index contributed by atoms with van der Waals surface area (Å²) in [4.78, 5) is 25.3. The van der Waals surface area contributed by atoms with Crippen molar-refractivity contribution in [3.63, 3.8) is 0 Å². The lowest BCUT2D eigenvalue weighted by Gasteiger charge is -2.29. The molecule has 0 saturated heterocycles. The number of likely N-dealkylation sites (N-methyl/N-ethyl adjacent to an activating group) is 1. The Labute approximate surface area is 366 Å². The normalized spacial score (nSPS) is 14.4. The number of nitrogens with zero attached hydrogens (tertiary/aromatic N) is 1. The van der Waals surface area contributed by atoms with Gasteiger partial charge in [0.05, 0.1) is 39.9 Å². The summed E-state index contributed by atoms with van der Waals surface area (Å²) in [5.74, 6) is -0.212. The van der Waals surface area contributed by atoms with Crippen LogP contribution in [-0.2, 0) is 18.4 Å². The molecule has 0 bridgehead atoms. The Hall–Kier alpha value is -1.02. The second-order valence-corrected chi connectivity index (χ2v) is 19.9. The molecule has 3 atom stereocenters. The topological polar surface area (TPSA) is 108 Å². The lowest BCUT2D eigenvalue weighted by atomic mass is 10.0. The van der Waals surface area contributed by atoms with Crippen molar-refractivity contribution in [2.75, 3.05) is 40.9 Å². The number of aliphatic hydroxyl groups excluding tert-OH is 1. The van der Waals surface area contributed by atoms with Gasteiger partial charge in [0.1, 0.15) is 13.2 Å². The molecule has 0 fully saturated rings. The van der Waals surface area contributed by atoms with Crippen molar-refractivity contribution in [1.82, 2.24) is 5.32 Å². The Kier molecular flexibility index (Phi) is 41.6. The number of amides is 1. The smallest absolute Gasteiger partial charge is 0.268 e. The zero-order valence-electron chi connectivity index (χ0n) is 39.7. The molecule has 0 heterocycles. The number of hydrogen-bond donors (Lipinski definition) is 2.